The zero-order chi connectivity index (χ0) is 10.4. The lowest BCUT2D eigenvalue weighted by molar-refractivity contribution is 0.243. The van der Waals surface area contributed by atoms with Gasteiger partial charge in [-0.25, -0.2) is 9.18 Å². The van der Waals surface area contributed by atoms with Crippen LogP contribution in [0.4, 0.5) is 9.18 Å². The van der Waals surface area contributed by atoms with Gasteiger partial charge in [0, 0.05) is 13.6 Å². The molecule has 14 heavy (non-hydrogen) atoms. The number of benzene rings is 1. The van der Waals surface area contributed by atoms with Crippen molar-refractivity contribution in [2.24, 2.45) is 0 Å². The van der Waals surface area contributed by atoms with Crippen LogP contribution in [0.25, 0.3) is 0 Å². The predicted octanol–water partition coefficient (Wildman–Crippen LogP) is 1.30. The molecule has 0 aliphatic rings. The van der Waals surface area contributed by atoms with Crippen molar-refractivity contribution >= 4 is 6.03 Å². The maximum atomic E-state index is 13.1. The van der Waals surface area contributed by atoms with Gasteiger partial charge in [0.15, 0.2) is 0 Å². The molecule has 0 atom stereocenters. The molecule has 3 nitrogen and oxygen atoms in total. The molecule has 0 heterocycles. The first kappa shape index (κ1) is 10.5. The molecule has 0 unspecified atom stereocenters. The third-order valence-corrected chi connectivity index (χ3v) is 1.86. The van der Waals surface area contributed by atoms with E-state index in [0.29, 0.717) is 18.5 Å². The first-order chi connectivity index (χ1) is 6.74. The average Bonchev–Trinajstić information content (AvgIpc) is 2.20. The molecule has 2 N–H and O–H groups in total. The van der Waals surface area contributed by atoms with Crippen molar-refractivity contribution in [3.05, 3.63) is 35.6 Å². The minimum atomic E-state index is -0.249. The Morgan fingerprint density at radius 3 is 2.79 bits per heavy atom. The first-order valence-corrected chi connectivity index (χ1v) is 4.43. The summed E-state index contributed by atoms with van der Waals surface area (Å²) in [4.78, 5) is 10.8. The fourth-order valence-corrected chi connectivity index (χ4v) is 1.10. The molecule has 0 fully saturated rings. The van der Waals surface area contributed by atoms with E-state index in [1.165, 1.54) is 6.07 Å². The van der Waals surface area contributed by atoms with Gasteiger partial charge in [0.05, 0.1) is 0 Å². The minimum absolute atomic E-state index is 0.230. The third kappa shape index (κ3) is 3.05. The number of hydrogen-bond donors (Lipinski definition) is 2. The molecular weight excluding hydrogens is 183 g/mol. The van der Waals surface area contributed by atoms with Crippen LogP contribution in [0, 0.1) is 5.82 Å². The fraction of sp³-hybridized carbons (Fsp3) is 0.300. The molecule has 1 rings (SSSR count). The largest absolute Gasteiger partial charge is 0.341 e. The van der Waals surface area contributed by atoms with Crippen LogP contribution in [-0.2, 0) is 6.42 Å². The number of urea groups is 1. The van der Waals surface area contributed by atoms with Crippen molar-refractivity contribution in [3.63, 3.8) is 0 Å². The third-order valence-electron chi connectivity index (χ3n) is 1.86. The number of hydrogen-bond acceptors (Lipinski definition) is 1. The van der Waals surface area contributed by atoms with E-state index in [-0.39, 0.29) is 11.8 Å². The highest BCUT2D eigenvalue weighted by atomic mass is 19.1. The molecule has 1 aromatic carbocycles. The van der Waals surface area contributed by atoms with Crippen LogP contribution in [0.2, 0.25) is 0 Å². The van der Waals surface area contributed by atoms with E-state index in [4.69, 9.17) is 0 Å². The summed E-state index contributed by atoms with van der Waals surface area (Å²) in [5.74, 6) is -0.230. The smallest absolute Gasteiger partial charge is 0.314 e. The number of halogens is 1. The van der Waals surface area contributed by atoms with Crippen molar-refractivity contribution in [1.82, 2.24) is 10.6 Å². The van der Waals surface area contributed by atoms with Gasteiger partial charge in [-0.05, 0) is 18.1 Å². The summed E-state index contributed by atoms with van der Waals surface area (Å²) in [6.07, 6.45) is 0.500. The second kappa shape index (κ2) is 5.21. The number of carbonyl (C=O) groups excluding carboxylic acids is 1. The van der Waals surface area contributed by atoms with Gasteiger partial charge in [-0.3, -0.25) is 0 Å². The van der Waals surface area contributed by atoms with Gasteiger partial charge in [-0.2, -0.15) is 0 Å². The van der Waals surface area contributed by atoms with Crippen LogP contribution < -0.4 is 10.6 Å². The van der Waals surface area contributed by atoms with E-state index in [0.717, 1.165) is 0 Å². The summed E-state index contributed by atoms with van der Waals surface area (Å²) in [5, 5.41) is 5.01. The maximum Gasteiger partial charge on any atom is 0.314 e. The quantitative estimate of drug-likeness (QED) is 0.751. The van der Waals surface area contributed by atoms with Crippen molar-refractivity contribution < 1.29 is 9.18 Å². The molecule has 76 valence electrons. The van der Waals surface area contributed by atoms with Gasteiger partial charge in [-0.1, -0.05) is 18.2 Å². The highest BCUT2D eigenvalue weighted by Gasteiger charge is 2.00. The summed E-state index contributed by atoms with van der Waals surface area (Å²) in [5.41, 5.74) is 0.615. The summed E-state index contributed by atoms with van der Waals surface area (Å²) < 4.78 is 13.1. The van der Waals surface area contributed by atoms with Crippen molar-refractivity contribution in [2.75, 3.05) is 13.6 Å². The Hall–Kier alpha value is -1.58. The lowest BCUT2D eigenvalue weighted by Gasteiger charge is -2.04. The number of amides is 2. The molecule has 4 heteroatoms. The van der Waals surface area contributed by atoms with E-state index < -0.39 is 0 Å². The second-order valence-electron chi connectivity index (χ2n) is 2.85. The lowest BCUT2D eigenvalue weighted by atomic mass is 10.1. The Kier molecular flexibility index (Phi) is 3.91. The Balaban J connectivity index is 2.39. The van der Waals surface area contributed by atoms with Gasteiger partial charge >= 0.3 is 6.03 Å². The van der Waals surface area contributed by atoms with E-state index in [2.05, 4.69) is 10.6 Å². The van der Waals surface area contributed by atoms with E-state index >= 15 is 0 Å². The number of nitrogens with one attached hydrogen (secondary N) is 2. The van der Waals surface area contributed by atoms with Gasteiger partial charge in [0.2, 0.25) is 0 Å². The standard InChI is InChI=1S/C10H13FN2O/c1-12-10(14)13-7-6-8-4-2-3-5-9(8)11/h2-5H,6-7H2,1H3,(H2,12,13,14). The Bertz CT molecular complexity index is 315. The van der Waals surface area contributed by atoms with Crippen LogP contribution in [0.15, 0.2) is 24.3 Å². The summed E-state index contributed by atoms with van der Waals surface area (Å²) in [6, 6.07) is 6.29. The summed E-state index contributed by atoms with van der Waals surface area (Å²) in [7, 11) is 1.54. The molecule has 0 saturated carbocycles. The van der Waals surface area contributed by atoms with Crippen LogP contribution in [0.1, 0.15) is 5.56 Å². The number of carbonyl (C=O) groups is 1. The zero-order valence-electron chi connectivity index (χ0n) is 8.01. The highest BCUT2D eigenvalue weighted by molar-refractivity contribution is 5.73. The normalized spacial score (nSPS) is 9.57. The van der Waals surface area contributed by atoms with E-state index in [1.807, 2.05) is 0 Å². The molecule has 0 bridgehead atoms. The second-order valence-corrected chi connectivity index (χ2v) is 2.85. The topological polar surface area (TPSA) is 41.1 Å². The Labute approximate surface area is 82.3 Å². The van der Waals surface area contributed by atoms with Gasteiger partial charge in [0.1, 0.15) is 5.82 Å². The fourth-order valence-electron chi connectivity index (χ4n) is 1.10. The molecular formula is C10H13FN2O. The molecule has 1 aromatic rings. The molecule has 0 aliphatic heterocycles. The average molecular weight is 196 g/mol. The van der Waals surface area contributed by atoms with E-state index in [1.54, 1.807) is 25.2 Å². The summed E-state index contributed by atoms with van der Waals surface area (Å²) >= 11 is 0. The van der Waals surface area contributed by atoms with Crippen molar-refractivity contribution in [2.45, 2.75) is 6.42 Å². The SMILES string of the molecule is CNC(=O)NCCc1ccccc1F. The monoisotopic (exact) mass is 196 g/mol. The van der Waals surface area contributed by atoms with Gasteiger partial charge in [-0.15, -0.1) is 0 Å². The number of rotatable bonds is 3. The Morgan fingerprint density at radius 2 is 2.14 bits per heavy atom. The van der Waals surface area contributed by atoms with Gasteiger partial charge < -0.3 is 10.6 Å². The van der Waals surface area contributed by atoms with Crippen LogP contribution >= 0.6 is 0 Å². The van der Waals surface area contributed by atoms with Crippen LogP contribution in [0.3, 0.4) is 0 Å². The first-order valence-electron chi connectivity index (χ1n) is 4.43. The van der Waals surface area contributed by atoms with Crippen molar-refractivity contribution in [3.8, 4) is 0 Å². The maximum absolute atomic E-state index is 13.1. The van der Waals surface area contributed by atoms with E-state index in [9.17, 15) is 9.18 Å². The summed E-state index contributed by atoms with van der Waals surface area (Å²) in [6.45, 7) is 0.431. The molecule has 0 saturated heterocycles. The van der Waals surface area contributed by atoms with Crippen molar-refractivity contribution in [1.29, 1.82) is 0 Å². The molecule has 0 radical (unpaired) electrons. The molecule has 0 spiro atoms. The molecule has 0 aliphatic carbocycles. The van der Waals surface area contributed by atoms with Crippen LogP contribution in [0.5, 0.6) is 0 Å². The molecule has 0 aromatic heterocycles. The Morgan fingerprint density at radius 1 is 1.43 bits per heavy atom. The predicted molar refractivity (Wildman–Crippen MR) is 52.6 cm³/mol. The molecule has 2 amide bonds. The lowest BCUT2D eigenvalue weighted by Crippen LogP contribution is -2.34. The zero-order valence-corrected chi connectivity index (χ0v) is 8.01. The minimum Gasteiger partial charge on any atom is -0.341 e. The highest BCUT2D eigenvalue weighted by Crippen LogP contribution is 2.05. The van der Waals surface area contributed by atoms with Crippen LogP contribution in [-0.4, -0.2) is 19.6 Å². The van der Waals surface area contributed by atoms with Gasteiger partial charge in [0.25, 0.3) is 0 Å².